The van der Waals surface area contributed by atoms with Gasteiger partial charge in [-0.1, -0.05) is 0 Å². The predicted octanol–water partition coefficient (Wildman–Crippen LogP) is 4.61. The van der Waals surface area contributed by atoms with Crippen LogP contribution in [0, 0.1) is 0 Å². The standard InChI is InChI=1S/C14H16BrNO2/c1-3-17-12-6-4-11(5-7-12)16-10(2)13-8-9-14(15)18-13/h4-10,16H,3H2,1-2H3. The van der Waals surface area contributed by atoms with Gasteiger partial charge in [0.2, 0.25) is 0 Å². The largest absolute Gasteiger partial charge is 0.494 e. The van der Waals surface area contributed by atoms with Crippen molar-refractivity contribution in [1.82, 2.24) is 0 Å². The Labute approximate surface area is 115 Å². The molecule has 0 bridgehead atoms. The fourth-order valence-electron chi connectivity index (χ4n) is 1.70. The van der Waals surface area contributed by atoms with E-state index in [1.165, 1.54) is 0 Å². The van der Waals surface area contributed by atoms with Crippen LogP contribution in [0.4, 0.5) is 5.69 Å². The molecule has 3 nitrogen and oxygen atoms in total. The maximum atomic E-state index is 5.51. The van der Waals surface area contributed by atoms with Gasteiger partial charge < -0.3 is 14.5 Å². The Bertz CT molecular complexity index is 493. The first-order chi connectivity index (χ1) is 8.69. The Morgan fingerprint density at radius 1 is 1.22 bits per heavy atom. The summed E-state index contributed by atoms with van der Waals surface area (Å²) in [5.41, 5.74) is 1.04. The third-order valence-electron chi connectivity index (χ3n) is 2.57. The molecule has 0 saturated carbocycles. The molecular weight excluding hydrogens is 294 g/mol. The zero-order valence-electron chi connectivity index (χ0n) is 10.4. The minimum atomic E-state index is 0.120. The van der Waals surface area contributed by atoms with Crippen LogP contribution < -0.4 is 10.1 Å². The number of ether oxygens (including phenoxy) is 1. The van der Waals surface area contributed by atoms with Gasteiger partial charge in [0, 0.05) is 5.69 Å². The molecule has 1 heterocycles. The van der Waals surface area contributed by atoms with E-state index >= 15 is 0 Å². The topological polar surface area (TPSA) is 34.4 Å². The van der Waals surface area contributed by atoms with Gasteiger partial charge in [0.05, 0.1) is 12.6 Å². The summed E-state index contributed by atoms with van der Waals surface area (Å²) in [5.74, 6) is 1.78. The van der Waals surface area contributed by atoms with Crippen molar-refractivity contribution in [2.45, 2.75) is 19.9 Å². The number of halogens is 1. The molecule has 0 radical (unpaired) electrons. The van der Waals surface area contributed by atoms with Gasteiger partial charge in [0.1, 0.15) is 11.5 Å². The summed E-state index contributed by atoms with van der Waals surface area (Å²) >= 11 is 3.30. The molecule has 0 spiro atoms. The second-order valence-corrected chi connectivity index (χ2v) is 4.75. The highest BCUT2D eigenvalue weighted by molar-refractivity contribution is 9.10. The molecule has 0 aliphatic rings. The van der Waals surface area contributed by atoms with E-state index in [4.69, 9.17) is 9.15 Å². The molecule has 4 heteroatoms. The molecule has 2 aromatic rings. The van der Waals surface area contributed by atoms with Gasteiger partial charge in [0.15, 0.2) is 4.67 Å². The van der Waals surface area contributed by atoms with Crippen molar-refractivity contribution in [3.8, 4) is 5.75 Å². The molecule has 0 fully saturated rings. The number of benzene rings is 1. The molecule has 1 N–H and O–H groups in total. The van der Waals surface area contributed by atoms with Gasteiger partial charge in [-0.2, -0.15) is 0 Å². The van der Waals surface area contributed by atoms with Crippen LogP contribution in [-0.2, 0) is 0 Å². The summed E-state index contributed by atoms with van der Waals surface area (Å²) < 4.78 is 11.7. The van der Waals surface area contributed by atoms with Crippen molar-refractivity contribution >= 4 is 21.6 Å². The van der Waals surface area contributed by atoms with Gasteiger partial charge in [-0.25, -0.2) is 0 Å². The zero-order valence-corrected chi connectivity index (χ0v) is 12.0. The molecule has 18 heavy (non-hydrogen) atoms. The van der Waals surface area contributed by atoms with E-state index in [2.05, 4.69) is 28.2 Å². The quantitative estimate of drug-likeness (QED) is 0.875. The third-order valence-corrected chi connectivity index (χ3v) is 3.00. The summed E-state index contributed by atoms with van der Waals surface area (Å²) in [4.78, 5) is 0. The van der Waals surface area contributed by atoms with Gasteiger partial charge in [-0.05, 0) is 66.2 Å². The Balaban J connectivity index is 2.00. The van der Waals surface area contributed by atoms with Crippen LogP contribution in [0.3, 0.4) is 0 Å². The second kappa shape index (κ2) is 5.96. The minimum Gasteiger partial charge on any atom is -0.494 e. The van der Waals surface area contributed by atoms with Gasteiger partial charge in [0.25, 0.3) is 0 Å². The molecule has 0 amide bonds. The second-order valence-electron chi connectivity index (χ2n) is 3.97. The lowest BCUT2D eigenvalue weighted by Gasteiger charge is -2.13. The van der Waals surface area contributed by atoms with Crippen LogP contribution in [0.1, 0.15) is 25.6 Å². The highest BCUT2D eigenvalue weighted by atomic mass is 79.9. The summed E-state index contributed by atoms with van der Waals surface area (Å²) in [6, 6.07) is 11.9. The lowest BCUT2D eigenvalue weighted by Crippen LogP contribution is -2.05. The van der Waals surface area contributed by atoms with Crippen LogP contribution in [0.25, 0.3) is 0 Å². The SMILES string of the molecule is CCOc1ccc(NC(C)c2ccc(Br)o2)cc1. The molecule has 96 valence electrons. The summed E-state index contributed by atoms with van der Waals surface area (Å²) in [6.45, 7) is 4.72. The van der Waals surface area contributed by atoms with Crippen molar-refractivity contribution in [2.24, 2.45) is 0 Å². The molecule has 2 rings (SSSR count). The van der Waals surface area contributed by atoms with Crippen molar-refractivity contribution < 1.29 is 9.15 Å². The Kier molecular flexibility index (Phi) is 4.31. The molecule has 1 atom stereocenters. The smallest absolute Gasteiger partial charge is 0.169 e. The van der Waals surface area contributed by atoms with E-state index in [-0.39, 0.29) is 6.04 Å². The molecule has 1 aromatic heterocycles. The Morgan fingerprint density at radius 3 is 2.50 bits per heavy atom. The first kappa shape index (κ1) is 13.0. The molecule has 0 saturated heterocycles. The molecule has 0 aliphatic carbocycles. The average Bonchev–Trinajstić information content (AvgIpc) is 2.79. The Hall–Kier alpha value is -1.42. The number of anilines is 1. The number of hydrogen-bond donors (Lipinski definition) is 1. The average molecular weight is 310 g/mol. The van der Waals surface area contributed by atoms with Gasteiger partial charge in [-0.15, -0.1) is 0 Å². The zero-order chi connectivity index (χ0) is 13.0. The summed E-state index contributed by atoms with van der Waals surface area (Å²) in [6.07, 6.45) is 0. The normalized spacial score (nSPS) is 12.2. The fourth-order valence-corrected chi connectivity index (χ4v) is 2.02. The Morgan fingerprint density at radius 2 is 1.94 bits per heavy atom. The van der Waals surface area contributed by atoms with Crippen LogP contribution in [0.15, 0.2) is 45.5 Å². The lowest BCUT2D eigenvalue weighted by atomic mass is 10.2. The molecule has 1 aromatic carbocycles. The van der Waals surface area contributed by atoms with E-state index in [1.54, 1.807) is 0 Å². The van der Waals surface area contributed by atoms with Gasteiger partial charge in [-0.3, -0.25) is 0 Å². The minimum absolute atomic E-state index is 0.120. The van der Waals surface area contributed by atoms with E-state index in [0.717, 1.165) is 21.9 Å². The van der Waals surface area contributed by atoms with Crippen LogP contribution >= 0.6 is 15.9 Å². The molecular formula is C14H16BrNO2. The van der Waals surface area contributed by atoms with Gasteiger partial charge >= 0.3 is 0 Å². The summed E-state index contributed by atoms with van der Waals surface area (Å²) in [7, 11) is 0. The van der Waals surface area contributed by atoms with Crippen molar-refractivity contribution in [2.75, 3.05) is 11.9 Å². The highest BCUT2D eigenvalue weighted by Crippen LogP contribution is 2.24. The third kappa shape index (κ3) is 3.29. The fraction of sp³-hybridized carbons (Fsp3) is 0.286. The highest BCUT2D eigenvalue weighted by Gasteiger charge is 2.09. The van der Waals surface area contributed by atoms with Crippen molar-refractivity contribution in [1.29, 1.82) is 0 Å². The molecule has 1 unspecified atom stereocenters. The van der Waals surface area contributed by atoms with Crippen LogP contribution in [0.2, 0.25) is 0 Å². The van der Waals surface area contributed by atoms with E-state index in [0.29, 0.717) is 6.61 Å². The van der Waals surface area contributed by atoms with Crippen molar-refractivity contribution in [3.05, 3.63) is 46.8 Å². The van der Waals surface area contributed by atoms with E-state index in [1.807, 2.05) is 43.3 Å². The van der Waals surface area contributed by atoms with Crippen LogP contribution in [0.5, 0.6) is 5.75 Å². The van der Waals surface area contributed by atoms with Crippen LogP contribution in [-0.4, -0.2) is 6.61 Å². The number of hydrogen-bond acceptors (Lipinski definition) is 3. The monoisotopic (exact) mass is 309 g/mol. The number of furan rings is 1. The van der Waals surface area contributed by atoms with E-state index < -0.39 is 0 Å². The lowest BCUT2D eigenvalue weighted by molar-refractivity contribution is 0.340. The summed E-state index contributed by atoms with van der Waals surface area (Å²) in [5, 5.41) is 3.37. The maximum absolute atomic E-state index is 5.51. The first-order valence-corrected chi connectivity index (χ1v) is 6.73. The van der Waals surface area contributed by atoms with E-state index in [9.17, 15) is 0 Å². The number of nitrogens with one attached hydrogen (secondary N) is 1. The van der Waals surface area contributed by atoms with Crippen molar-refractivity contribution in [3.63, 3.8) is 0 Å². The maximum Gasteiger partial charge on any atom is 0.169 e. The molecule has 0 aliphatic heterocycles. The number of rotatable bonds is 5. The predicted molar refractivity (Wildman–Crippen MR) is 76.1 cm³/mol. The first-order valence-electron chi connectivity index (χ1n) is 5.93.